The first-order chi connectivity index (χ1) is 11.7. The molecule has 1 fully saturated rings. The zero-order chi connectivity index (χ0) is 16.5. The molecule has 4 rings (SSSR count). The molecule has 1 saturated heterocycles. The smallest absolute Gasteiger partial charge is 0.292 e. The van der Waals surface area contributed by atoms with E-state index >= 15 is 0 Å². The topological polar surface area (TPSA) is 49.6 Å². The fraction of sp³-hybridized carbons (Fsp3) is 0.368. The average Bonchev–Trinajstić information content (AvgIpc) is 3.15. The van der Waals surface area contributed by atoms with Crippen molar-refractivity contribution in [2.24, 2.45) is 0 Å². The van der Waals surface area contributed by atoms with E-state index < -0.39 is 0 Å². The van der Waals surface area contributed by atoms with Crippen LogP contribution in [0.25, 0.3) is 0 Å². The Balaban J connectivity index is 1.70. The number of benzene rings is 2. The summed E-state index contributed by atoms with van der Waals surface area (Å²) in [5, 5.41) is 11.5. The zero-order valence-corrected chi connectivity index (χ0v) is 13.6. The number of hydrogen-bond donors (Lipinski definition) is 0. The number of hydrogen-bond acceptors (Lipinski definition) is 4. The van der Waals surface area contributed by atoms with Crippen LogP contribution < -0.4 is 9.80 Å². The van der Waals surface area contributed by atoms with Gasteiger partial charge in [0.1, 0.15) is 5.69 Å². The maximum Gasteiger partial charge on any atom is 0.292 e. The Hall–Kier alpha value is -2.56. The van der Waals surface area contributed by atoms with Crippen LogP contribution in [0.15, 0.2) is 42.5 Å². The van der Waals surface area contributed by atoms with Crippen LogP contribution in [-0.4, -0.2) is 24.6 Å². The minimum absolute atomic E-state index is 0.206. The van der Waals surface area contributed by atoms with E-state index in [2.05, 4.69) is 28.0 Å². The second kappa shape index (κ2) is 6.15. The molecule has 2 aliphatic rings. The summed E-state index contributed by atoms with van der Waals surface area (Å²) in [5.74, 6) is 0. The third kappa shape index (κ3) is 2.70. The van der Waals surface area contributed by atoms with Crippen LogP contribution in [0.5, 0.6) is 0 Å². The lowest BCUT2D eigenvalue weighted by atomic mass is 9.99. The van der Waals surface area contributed by atoms with Crippen LogP contribution >= 0.6 is 0 Å². The predicted molar refractivity (Wildman–Crippen MR) is 95.7 cm³/mol. The largest absolute Gasteiger partial charge is 0.371 e. The quantitative estimate of drug-likeness (QED) is 0.637. The first-order valence-electron chi connectivity index (χ1n) is 8.57. The Morgan fingerprint density at radius 2 is 1.67 bits per heavy atom. The number of rotatable bonds is 3. The molecule has 0 amide bonds. The summed E-state index contributed by atoms with van der Waals surface area (Å²) in [6, 6.07) is 14.0. The third-order valence-corrected chi connectivity index (χ3v) is 5.10. The summed E-state index contributed by atoms with van der Waals surface area (Å²) in [4.78, 5) is 15.7. The first kappa shape index (κ1) is 15.0. The molecule has 5 heteroatoms. The van der Waals surface area contributed by atoms with Gasteiger partial charge in [0, 0.05) is 37.9 Å². The molecule has 0 aliphatic carbocycles. The Kier molecular flexibility index (Phi) is 3.84. The maximum atomic E-state index is 11.5. The van der Waals surface area contributed by atoms with Gasteiger partial charge in [-0.15, -0.1) is 0 Å². The van der Waals surface area contributed by atoms with Gasteiger partial charge in [0.25, 0.3) is 5.69 Å². The predicted octanol–water partition coefficient (Wildman–Crippen LogP) is 3.76. The van der Waals surface area contributed by atoms with Crippen LogP contribution in [0.2, 0.25) is 0 Å². The first-order valence-corrected chi connectivity index (χ1v) is 8.57. The van der Waals surface area contributed by atoms with Gasteiger partial charge in [-0.05, 0) is 42.5 Å². The van der Waals surface area contributed by atoms with Crippen LogP contribution in [0.3, 0.4) is 0 Å². The highest BCUT2D eigenvalue weighted by molar-refractivity contribution is 5.71. The summed E-state index contributed by atoms with van der Waals surface area (Å²) < 4.78 is 0. The van der Waals surface area contributed by atoms with Gasteiger partial charge in [0.2, 0.25) is 0 Å². The molecular formula is C19H21N3O2. The minimum Gasteiger partial charge on any atom is -0.371 e. The van der Waals surface area contributed by atoms with Crippen molar-refractivity contribution in [3.8, 4) is 0 Å². The Morgan fingerprint density at radius 3 is 2.42 bits per heavy atom. The highest BCUT2D eigenvalue weighted by atomic mass is 16.6. The van der Waals surface area contributed by atoms with E-state index in [4.69, 9.17) is 0 Å². The van der Waals surface area contributed by atoms with E-state index in [1.165, 1.54) is 24.0 Å². The van der Waals surface area contributed by atoms with Gasteiger partial charge < -0.3 is 9.80 Å². The van der Waals surface area contributed by atoms with Crippen molar-refractivity contribution in [3.63, 3.8) is 0 Å². The molecule has 2 aliphatic heterocycles. The van der Waals surface area contributed by atoms with Crippen LogP contribution in [0.1, 0.15) is 24.0 Å². The maximum absolute atomic E-state index is 11.5. The van der Waals surface area contributed by atoms with Gasteiger partial charge in [-0.2, -0.15) is 0 Å². The summed E-state index contributed by atoms with van der Waals surface area (Å²) in [6.45, 7) is 3.64. The standard InChI is InChI=1S/C19H21N3O2/c23-22(24)18-8-7-17(20-10-3-4-11-20)13-19(18)21-12-9-15-5-1-2-6-16(15)14-21/h1-2,5-8,13H,3-4,9-12,14H2. The molecule has 0 radical (unpaired) electrons. The van der Waals surface area contributed by atoms with Crippen LogP contribution in [0, 0.1) is 10.1 Å². The number of nitro groups is 1. The number of anilines is 2. The van der Waals surface area contributed by atoms with Gasteiger partial charge in [-0.25, -0.2) is 0 Å². The number of fused-ring (bicyclic) bond motifs is 1. The van der Waals surface area contributed by atoms with E-state index in [-0.39, 0.29) is 10.6 Å². The molecule has 24 heavy (non-hydrogen) atoms. The lowest BCUT2D eigenvalue weighted by Gasteiger charge is -2.31. The summed E-state index contributed by atoms with van der Waals surface area (Å²) in [6.07, 6.45) is 3.33. The fourth-order valence-electron chi connectivity index (χ4n) is 3.79. The third-order valence-electron chi connectivity index (χ3n) is 5.10. The summed E-state index contributed by atoms with van der Waals surface area (Å²) >= 11 is 0. The zero-order valence-electron chi connectivity index (χ0n) is 13.6. The minimum atomic E-state index is -0.260. The molecule has 0 saturated carbocycles. The lowest BCUT2D eigenvalue weighted by Crippen LogP contribution is -2.31. The molecule has 0 bridgehead atoms. The molecule has 124 valence electrons. The van der Waals surface area contributed by atoms with Crippen molar-refractivity contribution in [2.45, 2.75) is 25.8 Å². The van der Waals surface area contributed by atoms with Crippen LogP contribution in [-0.2, 0) is 13.0 Å². The van der Waals surface area contributed by atoms with E-state index in [1.807, 2.05) is 18.2 Å². The average molecular weight is 323 g/mol. The molecule has 2 aromatic carbocycles. The van der Waals surface area contributed by atoms with Crippen molar-refractivity contribution >= 4 is 17.1 Å². The number of nitrogens with zero attached hydrogens (tertiary/aromatic N) is 3. The van der Waals surface area contributed by atoms with Crippen molar-refractivity contribution in [1.82, 2.24) is 0 Å². The molecular weight excluding hydrogens is 302 g/mol. The van der Waals surface area contributed by atoms with E-state index in [0.29, 0.717) is 0 Å². The van der Waals surface area contributed by atoms with Gasteiger partial charge in [0.15, 0.2) is 0 Å². The molecule has 0 unspecified atom stereocenters. The second-order valence-electron chi connectivity index (χ2n) is 6.56. The Labute approximate surface area is 141 Å². The van der Waals surface area contributed by atoms with E-state index in [9.17, 15) is 10.1 Å². The van der Waals surface area contributed by atoms with Gasteiger partial charge in [0.05, 0.1) is 4.92 Å². The van der Waals surface area contributed by atoms with Crippen molar-refractivity contribution in [2.75, 3.05) is 29.4 Å². The second-order valence-corrected chi connectivity index (χ2v) is 6.56. The Bertz CT molecular complexity index is 769. The van der Waals surface area contributed by atoms with Crippen LogP contribution in [0.4, 0.5) is 17.1 Å². The van der Waals surface area contributed by atoms with Gasteiger partial charge in [-0.1, -0.05) is 24.3 Å². The Morgan fingerprint density at radius 1 is 0.917 bits per heavy atom. The highest BCUT2D eigenvalue weighted by Gasteiger charge is 2.25. The molecule has 0 atom stereocenters. The molecule has 2 aromatic rings. The molecule has 5 nitrogen and oxygen atoms in total. The highest BCUT2D eigenvalue weighted by Crippen LogP contribution is 2.36. The van der Waals surface area contributed by atoms with Crippen molar-refractivity contribution in [1.29, 1.82) is 0 Å². The van der Waals surface area contributed by atoms with Gasteiger partial charge >= 0.3 is 0 Å². The summed E-state index contributed by atoms with van der Waals surface area (Å²) in [5.41, 5.74) is 4.68. The molecule has 0 aromatic heterocycles. The fourth-order valence-corrected chi connectivity index (χ4v) is 3.79. The van der Waals surface area contributed by atoms with Crippen molar-refractivity contribution < 1.29 is 4.92 Å². The van der Waals surface area contributed by atoms with Crippen molar-refractivity contribution in [3.05, 3.63) is 63.7 Å². The SMILES string of the molecule is O=[N+]([O-])c1ccc(N2CCCC2)cc1N1CCc2ccccc2C1. The lowest BCUT2D eigenvalue weighted by molar-refractivity contribution is -0.384. The van der Waals surface area contributed by atoms with E-state index in [0.717, 1.165) is 44.0 Å². The molecule has 0 N–H and O–H groups in total. The monoisotopic (exact) mass is 323 g/mol. The summed E-state index contributed by atoms with van der Waals surface area (Å²) in [7, 11) is 0. The molecule has 0 spiro atoms. The van der Waals surface area contributed by atoms with Gasteiger partial charge in [-0.3, -0.25) is 10.1 Å². The molecule has 2 heterocycles. The normalized spacial score (nSPS) is 17.0. The van der Waals surface area contributed by atoms with E-state index in [1.54, 1.807) is 6.07 Å². The number of nitro benzene ring substituents is 1.